The Morgan fingerprint density at radius 2 is 1.77 bits per heavy atom. The first-order chi connectivity index (χ1) is 6.00. The van der Waals surface area contributed by atoms with Gasteiger partial charge in [-0.3, -0.25) is 4.79 Å². The van der Waals surface area contributed by atoms with Crippen LogP contribution in [0.1, 0.15) is 20.8 Å². The number of hydrogen-bond acceptors (Lipinski definition) is 3. The minimum absolute atomic E-state index is 0.0733. The van der Waals surface area contributed by atoms with E-state index < -0.39 is 0 Å². The maximum atomic E-state index is 10.8. The normalized spacial score (nSPS) is 11.3. The van der Waals surface area contributed by atoms with Crippen molar-refractivity contribution in [3.05, 3.63) is 0 Å². The van der Waals surface area contributed by atoms with Crippen LogP contribution in [0.2, 0.25) is 0 Å². The molecule has 0 aliphatic heterocycles. The average Bonchev–Trinajstić information content (AvgIpc) is 2.08. The molecule has 0 saturated carbocycles. The molecule has 0 spiro atoms. The van der Waals surface area contributed by atoms with Crippen LogP contribution in [0.3, 0.4) is 0 Å². The Morgan fingerprint density at radius 3 is 1.85 bits per heavy atom. The maximum absolute atomic E-state index is 10.8. The number of carbonyl (C=O) groups is 2. The molecule has 1 amide bonds. The number of nitrogens with zero attached hydrogens (tertiary/aromatic N) is 1. The first-order valence-corrected chi connectivity index (χ1v) is 4.27. The molecule has 0 radical (unpaired) electrons. The van der Waals surface area contributed by atoms with E-state index in [2.05, 4.69) is 5.73 Å². The molecule has 4 nitrogen and oxygen atoms in total. The zero-order chi connectivity index (χ0) is 11.0. The van der Waals surface area contributed by atoms with E-state index in [-0.39, 0.29) is 17.9 Å². The summed E-state index contributed by atoms with van der Waals surface area (Å²) in [6.45, 7) is 5.29. The SMILES string of the molecule is CC(=O)N(C)C(C=O)C(C)C.CN. The predicted octanol–water partition coefficient (Wildman–Crippen LogP) is 0.263. The van der Waals surface area contributed by atoms with E-state index in [1.54, 1.807) is 7.05 Å². The number of likely N-dealkylation sites (N-methyl/N-ethyl adjacent to an activating group) is 1. The third kappa shape index (κ3) is 5.36. The van der Waals surface area contributed by atoms with Gasteiger partial charge < -0.3 is 15.4 Å². The molecule has 0 aromatic carbocycles. The highest BCUT2D eigenvalue weighted by Gasteiger charge is 2.18. The van der Waals surface area contributed by atoms with Crippen molar-refractivity contribution in [1.82, 2.24) is 4.90 Å². The van der Waals surface area contributed by atoms with Crippen LogP contribution in [0, 0.1) is 5.92 Å². The molecule has 0 aromatic heterocycles. The first kappa shape index (κ1) is 14.6. The molecule has 78 valence electrons. The fraction of sp³-hybridized carbons (Fsp3) is 0.778. The average molecular weight is 188 g/mol. The molecule has 0 fully saturated rings. The second kappa shape index (κ2) is 7.73. The van der Waals surface area contributed by atoms with Gasteiger partial charge in [0.1, 0.15) is 6.29 Å². The third-order valence-corrected chi connectivity index (χ3v) is 1.77. The van der Waals surface area contributed by atoms with Crippen molar-refractivity contribution < 1.29 is 9.59 Å². The van der Waals surface area contributed by atoms with Crippen molar-refractivity contribution in [2.24, 2.45) is 11.7 Å². The van der Waals surface area contributed by atoms with Crippen LogP contribution in [-0.2, 0) is 9.59 Å². The summed E-state index contributed by atoms with van der Waals surface area (Å²) in [5.74, 6) is 0.109. The predicted molar refractivity (Wildman–Crippen MR) is 53.2 cm³/mol. The van der Waals surface area contributed by atoms with E-state index in [9.17, 15) is 9.59 Å². The molecule has 0 rings (SSSR count). The van der Waals surface area contributed by atoms with E-state index >= 15 is 0 Å². The number of nitrogens with two attached hydrogens (primary N) is 1. The van der Waals surface area contributed by atoms with Gasteiger partial charge in [-0.2, -0.15) is 0 Å². The molecule has 4 heteroatoms. The molecule has 0 heterocycles. The lowest BCUT2D eigenvalue weighted by atomic mass is 10.1. The number of aldehydes is 1. The Labute approximate surface area is 80.1 Å². The van der Waals surface area contributed by atoms with Crippen molar-refractivity contribution >= 4 is 12.2 Å². The van der Waals surface area contributed by atoms with Gasteiger partial charge in [-0.05, 0) is 13.0 Å². The fourth-order valence-corrected chi connectivity index (χ4v) is 0.906. The highest BCUT2D eigenvalue weighted by Crippen LogP contribution is 2.05. The summed E-state index contributed by atoms with van der Waals surface area (Å²) in [7, 11) is 3.14. The van der Waals surface area contributed by atoms with Crippen LogP contribution in [-0.4, -0.2) is 37.2 Å². The van der Waals surface area contributed by atoms with Gasteiger partial charge in [-0.15, -0.1) is 0 Å². The Balaban J connectivity index is 0. The van der Waals surface area contributed by atoms with Crippen molar-refractivity contribution in [2.75, 3.05) is 14.1 Å². The maximum Gasteiger partial charge on any atom is 0.219 e. The highest BCUT2D eigenvalue weighted by molar-refractivity contribution is 5.77. The second-order valence-corrected chi connectivity index (χ2v) is 3.00. The van der Waals surface area contributed by atoms with Crippen LogP contribution in [0.25, 0.3) is 0 Å². The second-order valence-electron chi connectivity index (χ2n) is 3.00. The van der Waals surface area contributed by atoms with Gasteiger partial charge in [0.15, 0.2) is 0 Å². The number of hydrogen-bond donors (Lipinski definition) is 1. The van der Waals surface area contributed by atoms with Crippen LogP contribution in [0.4, 0.5) is 0 Å². The number of rotatable bonds is 3. The summed E-state index contributed by atoms with van der Waals surface area (Å²) >= 11 is 0. The molecule has 1 atom stereocenters. The summed E-state index contributed by atoms with van der Waals surface area (Å²) < 4.78 is 0. The fourth-order valence-electron chi connectivity index (χ4n) is 0.906. The standard InChI is InChI=1S/C8H15NO2.CH5N/c1-6(2)8(5-10)9(4)7(3)11;1-2/h5-6,8H,1-4H3;2H2,1H3. The topological polar surface area (TPSA) is 63.4 Å². The Kier molecular flexibility index (Phi) is 8.69. The number of amides is 1. The van der Waals surface area contributed by atoms with Gasteiger partial charge in [-0.1, -0.05) is 13.8 Å². The summed E-state index contributed by atoms with van der Waals surface area (Å²) in [4.78, 5) is 22.8. The smallest absolute Gasteiger partial charge is 0.219 e. The molecule has 2 N–H and O–H groups in total. The van der Waals surface area contributed by atoms with E-state index in [1.807, 2.05) is 13.8 Å². The molecule has 1 unspecified atom stereocenters. The van der Waals surface area contributed by atoms with Crippen LogP contribution < -0.4 is 5.73 Å². The summed E-state index contributed by atoms with van der Waals surface area (Å²) in [6, 6.07) is -0.285. The molecule has 0 aliphatic carbocycles. The van der Waals surface area contributed by atoms with Crippen molar-refractivity contribution in [1.29, 1.82) is 0 Å². The highest BCUT2D eigenvalue weighted by atomic mass is 16.2. The van der Waals surface area contributed by atoms with Gasteiger partial charge in [0.05, 0.1) is 6.04 Å². The molecule has 0 bridgehead atoms. The van der Waals surface area contributed by atoms with Gasteiger partial charge in [0.2, 0.25) is 5.91 Å². The summed E-state index contributed by atoms with van der Waals surface area (Å²) in [6.07, 6.45) is 0.812. The quantitative estimate of drug-likeness (QED) is 0.646. The summed E-state index contributed by atoms with van der Waals surface area (Å²) in [5, 5.41) is 0. The van der Waals surface area contributed by atoms with Crippen LogP contribution >= 0.6 is 0 Å². The largest absolute Gasteiger partial charge is 0.336 e. The van der Waals surface area contributed by atoms with E-state index in [0.717, 1.165) is 6.29 Å². The molecule has 0 saturated heterocycles. The van der Waals surface area contributed by atoms with Crippen LogP contribution in [0.5, 0.6) is 0 Å². The lowest BCUT2D eigenvalue weighted by Gasteiger charge is -2.25. The molecule has 13 heavy (non-hydrogen) atoms. The minimum Gasteiger partial charge on any atom is -0.336 e. The lowest BCUT2D eigenvalue weighted by molar-refractivity contribution is -0.133. The van der Waals surface area contributed by atoms with Gasteiger partial charge >= 0.3 is 0 Å². The summed E-state index contributed by atoms with van der Waals surface area (Å²) in [5.41, 5.74) is 4.50. The minimum atomic E-state index is -0.285. The van der Waals surface area contributed by atoms with Crippen LogP contribution in [0.15, 0.2) is 0 Å². The van der Waals surface area contributed by atoms with E-state index in [0.29, 0.717) is 0 Å². The molecule has 0 aromatic rings. The molecular formula is C9H20N2O2. The Bertz CT molecular complexity index is 158. The first-order valence-electron chi connectivity index (χ1n) is 4.27. The molecular weight excluding hydrogens is 168 g/mol. The van der Waals surface area contributed by atoms with E-state index in [4.69, 9.17) is 0 Å². The molecule has 0 aliphatic rings. The Morgan fingerprint density at radius 1 is 1.38 bits per heavy atom. The Hall–Kier alpha value is -0.900. The van der Waals surface area contributed by atoms with Gasteiger partial charge in [0, 0.05) is 14.0 Å². The zero-order valence-electron chi connectivity index (χ0n) is 9.07. The monoisotopic (exact) mass is 188 g/mol. The third-order valence-electron chi connectivity index (χ3n) is 1.77. The number of carbonyl (C=O) groups excluding carboxylic acids is 2. The van der Waals surface area contributed by atoms with Gasteiger partial charge in [0.25, 0.3) is 0 Å². The lowest BCUT2D eigenvalue weighted by Crippen LogP contribution is -2.40. The van der Waals surface area contributed by atoms with Crippen molar-refractivity contribution in [3.8, 4) is 0 Å². The zero-order valence-corrected chi connectivity index (χ0v) is 9.07. The van der Waals surface area contributed by atoms with E-state index in [1.165, 1.54) is 18.9 Å². The van der Waals surface area contributed by atoms with Gasteiger partial charge in [-0.25, -0.2) is 0 Å². The van der Waals surface area contributed by atoms with Crippen molar-refractivity contribution in [2.45, 2.75) is 26.8 Å². The van der Waals surface area contributed by atoms with Crippen molar-refractivity contribution in [3.63, 3.8) is 0 Å².